The predicted molar refractivity (Wildman–Crippen MR) is 130 cm³/mol. The third-order valence-corrected chi connectivity index (χ3v) is 10.1. The Hall–Kier alpha value is -2.36. The van der Waals surface area contributed by atoms with Gasteiger partial charge in [-0.3, -0.25) is 4.79 Å². The summed E-state index contributed by atoms with van der Waals surface area (Å²) in [7, 11) is 0. The topological polar surface area (TPSA) is 99.1 Å². The maximum Gasteiger partial charge on any atom is 0.509 e. The number of alkyl halides is 3. The van der Waals surface area contributed by atoms with Crippen LogP contribution in [-0.2, 0) is 23.8 Å². The largest absolute Gasteiger partial charge is 0.509 e. The van der Waals surface area contributed by atoms with Crippen molar-refractivity contribution >= 4 is 17.9 Å². The highest BCUT2D eigenvalue weighted by Gasteiger charge is 2.79. The summed E-state index contributed by atoms with van der Waals surface area (Å²) in [6.45, 7) is 6.82. The first-order valence-electron chi connectivity index (χ1n) is 13.4. The Balaban J connectivity index is 1.81. The van der Waals surface area contributed by atoms with Crippen LogP contribution < -0.4 is 0 Å². The summed E-state index contributed by atoms with van der Waals surface area (Å²) >= 11 is 0. The van der Waals surface area contributed by atoms with Crippen LogP contribution in [0.25, 0.3) is 0 Å². The van der Waals surface area contributed by atoms with Crippen LogP contribution in [0.1, 0.15) is 66.7 Å². The molecule has 1 N–H and O–H groups in total. The van der Waals surface area contributed by atoms with Gasteiger partial charge in [0.15, 0.2) is 11.5 Å². The SMILES string of the molecule is CCC(CC)OC(=O)O[C@@]1(C(=O)OCF)[C@H](C)C[C@H]2[C@@H]3C[C@H](F)C4=CC(=O)C=C[C@]4(C)C3(F)[C@@H](O)C[C@@]21C. The quantitative estimate of drug-likeness (QED) is 0.466. The first-order valence-corrected chi connectivity index (χ1v) is 13.4. The van der Waals surface area contributed by atoms with E-state index in [1.54, 1.807) is 13.8 Å². The van der Waals surface area contributed by atoms with Crippen LogP contribution in [0.4, 0.5) is 18.0 Å². The number of aliphatic hydroxyl groups is 1. The van der Waals surface area contributed by atoms with Gasteiger partial charge in [-0.1, -0.05) is 33.8 Å². The summed E-state index contributed by atoms with van der Waals surface area (Å²) in [5.41, 5.74) is -7.54. The maximum absolute atomic E-state index is 17.4. The molecule has 0 aromatic rings. The van der Waals surface area contributed by atoms with Crippen molar-refractivity contribution in [3.05, 3.63) is 23.8 Å². The van der Waals surface area contributed by atoms with E-state index in [0.29, 0.717) is 12.8 Å². The van der Waals surface area contributed by atoms with Crippen molar-refractivity contribution in [1.82, 2.24) is 0 Å². The molecule has 3 saturated carbocycles. The van der Waals surface area contributed by atoms with Gasteiger partial charge in [0.25, 0.3) is 0 Å². The Bertz CT molecular complexity index is 1060. The Morgan fingerprint density at radius 3 is 2.45 bits per heavy atom. The zero-order chi connectivity index (χ0) is 28.3. The molecule has 0 aromatic heterocycles. The molecule has 0 spiro atoms. The molecule has 7 nitrogen and oxygen atoms in total. The number of ketones is 1. The first-order chi connectivity index (χ1) is 17.8. The standard InChI is InChI=1S/C28H37F3O7/c1-6-17(7-2)37-24(35)38-28(23(34)36-14-29)15(3)10-18-19-12-21(30)20-11-16(32)8-9-25(20,4)27(19,31)22(33)13-26(18,28)5/h8-9,11,15,17-19,21-22,33H,6-7,10,12-14H2,1-5H3/t15-,18+,19+,21+,22+,25+,26+,27?,28-/m1/s1. The molecule has 0 aromatic carbocycles. The van der Waals surface area contributed by atoms with Crippen LogP contribution in [0, 0.1) is 28.6 Å². The van der Waals surface area contributed by atoms with Gasteiger partial charge >= 0.3 is 12.1 Å². The zero-order valence-corrected chi connectivity index (χ0v) is 22.5. The monoisotopic (exact) mass is 542 g/mol. The lowest BCUT2D eigenvalue weighted by Gasteiger charge is -2.62. The molecule has 212 valence electrons. The van der Waals surface area contributed by atoms with Crippen LogP contribution in [0.15, 0.2) is 23.8 Å². The van der Waals surface area contributed by atoms with Crippen molar-refractivity contribution in [3.63, 3.8) is 0 Å². The average Bonchev–Trinajstić information content (AvgIpc) is 3.07. The Morgan fingerprint density at radius 2 is 1.84 bits per heavy atom. The molecule has 38 heavy (non-hydrogen) atoms. The number of carbonyl (C=O) groups excluding carboxylic acids is 3. The molecule has 0 bridgehead atoms. The van der Waals surface area contributed by atoms with Crippen molar-refractivity contribution in [1.29, 1.82) is 0 Å². The third-order valence-electron chi connectivity index (χ3n) is 10.1. The summed E-state index contributed by atoms with van der Waals surface area (Å²) in [6.07, 6.45) is -0.992. The Kier molecular flexibility index (Phi) is 7.30. The number of hydrogen-bond donors (Lipinski definition) is 1. The zero-order valence-electron chi connectivity index (χ0n) is 22.5. The molecule has 10 heteroatoms. The fraction of sp³-hybridized carbons (Fsp3) is 0.750. The van der Waals surface area contributed by atoms with Crippen LogP contribution >= 0.6 is 0 Å². The molecule has 4 aliphatic rings. The fourth-order valence-corrected chi connectivity index (χ4v) is 8.12. The maximum atomic E-state index is 17.4. The molecule has 4 rings (SSSR count). The second-order valence-corrected chi connectivity index (χ2v) is 11.7. The number of aliphatic hydroxyl groups excluding tert-OH is 1. The van der Waals surface area contributed by atoms with E-state index < -0.39 is 83.0 Å². The van der Waals surface area contributed by atoms with Crippen molar-refractivity contribution in [2.24, 2.45) is 28.6 Å². The molecular weight excluding hydrogens is 505 g/mol. The van der Waals surface area contributed by atoms with Gasteiger partial charge in [0.2, 0.25) is 12.5 Å². The molecule has 0 saturated heterocycles. The molecule has 0 radical (unpaired) electrons. The molecular formula is C28H37F3O7. The molecule has 0 heterocycles. The van der Waals surface area contributed by atoms with Gasteiger partial charge in [0, 0.05) is 22.7 Å². The summed E-state index contributed by atoms with van der Waals surface area (Å²) in [5, 5.41) is 11.5. The number of rotatable bonds is 6. The minimum atomic E-state index is -2.38. The fourth-order valence-electron chi connectivity index (χ4n) is 8.12. The van der Waals surface area contributed by atoms with E-state index in [1.165, 1.54) is 19.1 Å². The average molecular weight is 543 g/mol. The molecule has 0 aliphatic heterocycles. The number of halogens is 3. The van der Waals surface area contributed by atoms with Gasteiger partial charge < -0.3 is 19.3 Å². The smallest absolute Gasteiger partial charge is 0.431 e. The highest BCUT2D eigenvalue weighted by Crippen LogP contribution is 2.71. The lowest BCUT2D eigenvalue weighted by Crippen LogP contribution is -2.71. The highest BCUT2D eigenvalue weighted by atomic mass is 19.1. The Labute approximate surface area is 220 Å². The molecule has 1 unspecified atom stereocenters. The number of esters is 1. The van der Waals surface area contributed by atoms with Crippen molar-refractivity contribution in [2.75, 3.05) is 6.86 Å². The summed E-state index contributed by atoms with van der Waals surface area (Å²) in [5.74, 6) is -4.25. The summed E-state index contributed by atoms with van der Waals surface area (Å²) in [4.78, 5) is 38.4. The van der Waals surface area contributed by atoms with E-state index in [4.69, 9.17) is 14.2 Å². The number of ether oxygens (including phenoxy) is 3. The van der Waals surface area contributed by atoms with E-state index in [-0.39, 0.29) is 24.8 Å². The number of carbonyl (C=O) groups is 3. The van der Waals surface area contributed by atoms with Crippen LogP contribution in [-0.4, -0.2) is 59.5 Å². The molecule has 0 amide bonds. The van der Waals surface area contributed by atoms with Gasteiger partial charge in [0.1, 0.15) is 12.3 Å². The van der Waals surface area contributed by atoms with Gasteiger partial charge in [-0.05, 0) is 62.7 Å². The number of allylic oxidation sites excluding steroid dienone is 4. The lowest BCUT2D eigenvalue weighted by atomic mass is 9.44. The minimum absolute atomic E-state index is 0.0226. The van der Waals surface area contributed by atoms with E-state index in [0.717, 1.165) is 6.08 Å². The van der Waals surface area contributed by atoms with E-state index in [9.17, 15) is 23.9 Å². The third kappa shape index (κ3) is 3.68. The predicted octanol–water partition coefficient (Wildman–Crippen LogP) is 5.10. The van der Waals surface area contributed by atoms with Gasteiger partial charge in [-0.25, -0.2) is 22.8 Å². The molecule has 4 aliphatic carbocycles. The lowest BCUT2D eigenvalue weighted by molar-refractivity contribution is -0.235. The summed E-state index contributed by atoms with van der Waals surface area (Å²) in [6, 6.07) is 0. The van der Waals surface area contributed by atoms with Crippen molar-refractivity contribution in [3.8, 4) is 0 Å². The van der Waals surface area contributed by atoms with E-state index in [2.05, 4.69) is 0 Å². The molecule has 9 atom stereocenters. The van der Waals surface area contributed by atoms with Crippen molar-refractivity contribution in [2.45, 2.75) is 96.4 Å². The molecule has 3 fully saturated rings. The van der Waals surface area contributed by atoms with Crippen LogP contribution in [0.5, 0.6) is 0 Å². The van der Waals surface area contributed by atoms with Gasteiger partial charge in [0.05, 0.1) is 6.10 Å². The van der Waals surface area contributed by atoms with Gasteiger partial charge in [-0.2, -0.15) is 0 Å². The minimum Gasteiger partial charge on any atom is -0.431 e. The van der Waals surface area contributed by atoms with E-state index in [1.807, 2.05) is 13.8 Å². The second kappa shape index (κ2) is 9.68. The number of fused-ring (bicyclic) bond motifs is 5. The van der Waals surface area contributed by atoms with Crippen molar-refractivity contribution < 1.29 is 46.9 Å². The van der Waals surface area contributed by atoms with E-state index >= 15 is 8.78 Å². The summed E-state index contributed by atoms with van der Waals surface area (Å²) < 4.78 is 62.2. The Morgan fingerprint density at radius 1 is 1.18 bits per heavy atom. The second-order valence-electron chi connectivity index (χ2n) is 11.7. The highest BCUT2D eigenvalue weighted by molar-refractivity contribution is 6.01. The van der Waals surface area contributed by atoms with Crippen LogP contribution in [0.2, 0.25) is 0 Å². The van der Waals surface area contributed by atoms with Gasteiger partial charge in [-0.15, -0.1) is 0 Å². The first kappa shape index (κ1) is 28.6. The van der Waals surface area contributed by atoms with Crippen LogP contribution in [0.3, 0.4) is 0 Å². The number of hydrogen-bond acceptors (Lipinski definition) is 7. The normalized spacial score (nSPS) is 43.6.